The molecule has 1 heterocycles. The zero-order valence-electron chi connectivity index (χ0n) is 15.5. The standard InChI is InChI=1S/C22H17N3O4/c1-28-18-9-5-4-8-15(18)21(26)25-24-20(23)17-12-16-14-7-3-2-6-13(14)10-11-19(16)29-22(17)27/h2-12H,1H3,(H2,23,24)(H,25,26). The first kappa shape index (κ1) is 18.2. The lowest BCUT2D eigenvalue weighted by molar-refractivity contribution is 0.0951. The molecule has 7 nitrogen and oxygen atoms in total. The van der Waals surface area contributed by atoms with Gasteiger partial charge in [0.2, 0.25) is 0 Å². The Bertz CT molecular complexity index is 1320. The fraction of sp³-hybridized carbons (Fsp3) is 0.0455. The van der Waals surface area contributed by atoms with E-state index in [1.807, 2.05) is 30.3 Å². The quantitative estimate of drug-likeness (QED) is 0.184. The highest BCUT2D eigenvalue weighted by Gasteiger charge is 2.14. The zero-order valence-corrected chi connectivity index (χ0v) is 15.5. The summed E-state index contributed by atoms with van der Waals surface area (Å²) in [6, 6.07) is 19.7. The Labute approximate surface area is 165 Å². The van der Waals surface area contributed by atoms with Crippen molar-refractivity contribution in [3.05, 3.63) is 88.3 Å². The minimum Gasteiger partial charge on any atom is -0.496 e. The van der Waals surface area contributed by atoms with Gasteiger partial charge in [-0.25, -0.2) is 10.2 Å². The van der Waals surface area contributed by atoms with Crippen LogP contribution in [-0.4, -0.2) is 18.9 Å². The maximum atomic E-state index is 12.4. The van der Waals surface area contributed by atoms with Crippen LogP contribution in [0.15, 0.2) is 81.0 Å². The van der Waals surface area contributed by atoms with Gasteiger partial charge in [0.25, 0.3) is 5.91 Å². The molecule has 0 unspecified atom stereocenters. The highest BCUT2D eigenvalue weighted by Crippen LogP contribution is 2.25. The summed E-state index contributed by atoms with van der Waals surface area (Å²) in [6.07, 6.45) is 0. The van der Waals surface area contributed by atoms with Gasteiger partial charge in [-0.05, 0) is 35.0 Å². The number of amides is 1. The van der Waals surface area contributed by atoms with Crippen molar-refractivity contribution < 1.29 is 13.9 Å². The Morgan fingerprint density at radius 3 is 2.59 bits per heavy atom. The number of hydrogen-bond donors (Lipinski definition) is 2. The van der Waals surface area contributed by atoms with Crippen LogP contribution < -0.4 is 21.5 Å². The minimum atomic E-state index is -0.638. The third kappa shape index (κ3) is 3.41. The summed E-state index contributed by atoms with van der Waals surface area (Å²) in [7, 11) is 1.47. The Morgan fingerprint density at radius 2 is 1.76 bits per heavy atom. The SMILES string of the molecule is COc1ccccc1C(=O)N/N=C(/N)c1cc2c(ccc3ccccc32)oc1=O. The van der Waals surface area contributed by atoms with E-state index in [4.69, 9.17) is 14.9 Å². The minimum absolute atomic E-state index is 0.0641. The predicted octanol–water partition coefficient (Wildman–Crippen LogP) is 3.01. The van der Waals surface area contributed by atoms with Gasteiger partial charge in [0.15, 0.2) is 5.84 Å². The number of ether oxygens (including phenoxy) is 1. The lowest BCUT2D eigenvalue weighted by Gasteiger charge is -2.07. The van der Waals surface area contributed by atoms with Gasteiger partial charge in [-0.1, -0.05) is 42.5 Å². The van der Waals surface area contributed by atoms with Gasteiger partial charge < -0.3 is 14.9 Å². The van der Waals surface area contributed by atoms with Crippen molar-refractivity contribution in [2.75, 3.05) is 7.11 Å². The molecule has 0 saturated heterocycles. The number of amidine groups is 1. The van der Waals surface area contributed by atoms with E-state index in [1.54, 1.807) is 36.4 Å². The van der Waals surface area contributed by atoms with Crippen LogP contribution in [0, 0.1) is 0 Å². The van der Waals surface area contributed by atoms with Gasteiger partial charge in [0.05, 0.1) is 12.7 Å². The van der Waals surface area contributed by atoms with E-state index in [1.165, 1.54) is 7.11 Å². The number of para-hydroxylation sites is 1. The van der Waals surface area contributed by atoms with Gasteiger partial charge in [-0.15, -0.1) is 0 Å². The molecule has 0 radical (unpaired) electrons. The number of fused-ring (bicyclic) bond motifs is 3. The van der Waals surface area contributed by atoms with E-state index in [-0.39, 0.29) is 11.4 Å². The molecule has 3 aromatic carbocycles. The molecule has 29 heavy (non-hydrogen) atoms. The van der Waals surface area contributed by atoms with Crippen molar-refractivity contribution in [2.45, 2.75) is 0 Å². The first-order valence-electron chi connectivity index (χ1n) is 8.81. The zero-order chi connectivity index (χ0) is 20.4. The van der Waals surface area contributed by atoms with Gasteiger partial charge >= 0.3 is 5.63 Å². The number of benzene rings is 3. The topological polar surface area (TPSA) is 107 Å². The monoisotopic (exact) mass is 387 g/mol. The molecule has 0 aliphatic rings. The summed E-state index contributed by atoms with van der Waals surface area (Å²) < 4.78 is 10.6. The van der Waals surface area contributed by atoms with Crippen molar-refractivity contribution in [3.8, 4) is 5.75 Å². The number of nitrogens with one attached hydrogen (secondary N) is 1. The molecule has 144 valence electrons. The number of hydrazone groups is 1. The van der Waals surface area contributed by atoms with Crippen molar-refractivity contribution in [1.29, 1.82) is 0 Å². The van der Waals surface area contributed by atoms with E-state index in [2.05, 4.69) is 10.5 Å². The van der Waals surface area contributed by atoms with E-state index < -0.39 is 11.5 Å². The van der Waals surface area contributed by atoms with Crippen molar-refractivity contribution in [1.82, 2.24) is 5.43 Å². The van der Waals surface area contributed by atoms with Crippen LogP contribution in [0.25, 0.3) is 21.7 Å². The summed E-state index contributed by atoms with van der Waals surface area (Å²) in [4.78, 5) is 24.7. The molecule has 4 aromatic rings. The smallest absolute Gasteiger partial charge is 0.347 e. The van der Waals surface area contributed by atoms with Crippen LogP contribution >= 0.6 is 0 Å². The Balaban J connectivity index is 1.71. The average molecular weight is 387 g/mol. The lowest BCUT2D eigenvalue weighted by Crippen LogP contribution is -2.27. The molecule has 0 aliphatic carbocycles. The average Bonchev–Trinajstić information content (AvgIpc) is 2.76. The van der Waals surface area contributed by atoms with E-state index in [0.29, 0.717) is 16.9 Å². The van der Waals surface area contributed by atoms with E-state index in [9.17, 15) is 9.59 Å². The largest absolute Gasteiger partial charge is 0.496 e. The molecule has 0 atom stereocenters. The molecule has 0 aliphatic heterocycles. The molecule has 3 N–H and O–H groups in total. The predicted molar refractivity (Wildman–Crippen MR) is 111 cm³/mol. The highest BCUT2D eigenvalue weighted by molar-refractivity contribution is 6.08. The first-order chi connectivity index (χ1) is 14.1. The second-order valence-electron chi connectivity index (χ2n) is 6.28. The maximum Gasteiger partial charge on any atom is 0.347 e. The van der Waals surface area contributed by atoms with Crippen LogP contribution in [0.1, 0.15) is 15.9 Å². The number of carbonyl (C=O) groups is 1. The Hall–Kier alpha value is -4.13. The number of rotatable bonds is 4. The third-order valence-electron chi connectivity index (χ3n) is 4.55. The van der Waals surface area contributed by atoms with E-state index in [0.717, 1.165) is 16.2 Å². The first-order valence-corrected chi connectivity index (χ1v) is 8.81. The molecule has 0 spiro atoms. The molecule has 0 fully saturated rings. The van der Waals surface area contributed by atoms with Gasteiger partial charge in [0.1, 0.15) is 16.9 Å². The normalized spacial score (nSPS) is 11.6. The molecule has 1 aromatic heterocycles. The molecule has 0 bridgehead atoms. The Kier molecular flexibility index (Phi) is 4.70. The number of carbonyl (C=O) groups excluding carboxylic acids is 1. The number of nitrogens with zero attached hydrogens (tertiary/aromatic N) is 1. The Morgan fingerprint density at radius 1 is 1.00 bits per heavy atom. The van der Waals surface area contributed by atoms with Gasteiger partial charge in [-0.3, -0.25) is 4.79 Å². The molecule has 7 heteroatoms. The van der Waals surface area contributed by atoms with Gasteiger partial charge in [0, 0.05) is 5.39 Å². The molecular formula is C22H17N3O4. The number of nitrogens with two attached hydrogens (primary N) is 1. The lowest BCUT2D eigenvalue weighted by atomic mass is 10.0. The van der Waals surface area contributed by atoms with Crippen LogP contribution in [0.5, 0.6) is 5.75 Å². The fourth-order valence-electron chi connectivity index (χ4n) is 3.11. The summed E-state index contributed by atoms with van der Waals surface area (Å²) in [6.45, 7) is 0. The summed E-state index contributed by atoms with van der Waals surface area (Å²) >= 11 is 0. The summed E-state index contributed by atoms with van der Waals surface area (Å²) in [5.41, 5.74) is 8.49. The van der Waals surface area contributed by atoms with Crippen molar-refractivity contribution in [3.63, 3.8) is 0 Å². The molecule has 4 rings (SSSR count). The van der Waals surface area contributed by atoms with Crippen LogP contribution in [0.3, 0.4) is 0 Å². The second-order valence-corrected chi connectivity index (χ2v) is 6.28. The second kappa shape index (κ2) is 7.47. The fourth-order valence-corrected chi connectivity index (χ4v) is 3.11. The maximum absolute atomic E-state index is 12.4. The van der Waals surface area contributed by atoms with Crippen molar-refractivity contribution >= 4 is 33.5 Å². The van der Waals surface area contributed by atoms with Crippen LogP contribution in [0.2, 0.25) is 0 Å². The van der Waals surface area contributed by atoms with Crippen LogP contribution in [0.4, 0.5) is 0 Å². The van der Waals surface area contributed by atoms with Gasteiger partial charge in [-0.2, -0.15) is 5.10 Å². The molecular weight excluding hydrogens is 370 g/mol. The third-order valence-corrected chi connectivity index (χ3v) is 4.55. The van der Waals surface area contributed by atoms with Crippen LogP contribution in [-0.2, 0) is 0 Å². The summed E-state index contributed by atoms with van der Waals surface area (Å²) in [5, 5.41) is 6.52. The summed E-state index contributed by atoms with van der Waals surface area (Å²) in [5.74, 6) is -0.270. The molecule has 0 saturated carbocycles. The highest BCUT2D eigenvalue weighted by atomic mass is 16.5. The van der Waals surface area contributed by atoms with E-state index >= 15 is 0 Å². The number of methoxy groups -OCH3 is 1. The number of hydrogen-bond acceptors (Lipinski definition) is 5. The van der Waals surface area contributed by atoms with Crippen molar-refractivity contribution in [2.24, 2.45) is 10.8 Å². The molecule has 1 amide bonds.